The lowest BCUT2D eigenvalue weighted by Crippen LogP contribution is -2.34. The number of thiocarbonyl (C=S) groups is 1. The Kier molecular flexibility index (Phi) is 3.47. The molecule has 0 spiro atoms. The van der Waals surface area contributed by atoms with Crippen molar-refractivity contribution >= 4 is 34.6 Å². The molecule has 4 heterocycles. The van der Waals surface area contributed by atoms with Gasteiger partial charge in [0.1, 0.15) is 5.82 Å². The second kappa shape index (κ2) is 5.36. The number of imidazole rings is 1. The lowest BCUT2D eigenvalue weighted by Gasteiger charge is -2.26. The maximum Gasteiger partial charge on any atom is 0.179 e. The van der Waals surface area contributed by atoms with E-state index in [1.54, 1.807) is 0 Å². The van der Waals surface area contributed by atoms with Crippen LogP contribution in [0.25, 0.3) is 10.8 Å². The molecular formula is C14H18N6S2. The molecule has 0 saturated carbocycles. The molecule has 1 atom stereocenters. The van der Waals surface area contributed by atoms with Gasteiger partial charge in [0.25, 0.3) is 0 Å². The summed E-state index contributed by atoms with van der Waals surface area (Å²) in [4.78, 5) is 12.6. The molecule has 1 fully saturated rings. The molecule has 0 bridgehead atoms. The van der Waals surface area contributed by atoms with Crippen LogP contribution in [0.1, 0.15) is 37.3 Å². The first kappa shape index (κ1) is 14.2. The summed E-state index contributed by atoms with van der Waals surface area (Å²) < 4.78 is 6.59. The van der Waals surface area contributed by atoms with Crippen LogP contribution in [0.4, 0.5) is 5.82 Å². The van der Waals surface area contributed by atoms with Crippen molar-refractivity contribution in [2.24, 2.45) is 0 Å². The highest BCUT2D eigenvalue weighted by Gasteiger charge is 2.32. The summed E-state index contributed by atoms with van der Waals surface area (Å²) in [6.45, 7) is 6.91. The molecule has 2 aromatic rings. The molecule has 2 aliphatic heterocycles. The van der Waals surface area contributed by atoms with Gasteiger partial charge in [-0.25, -0.2) is 9.97 Å². The first-order valence-electron chi connectivity index (χ1n) is 7.60. The van der Waals surface area contributed by atoms with E-state index >= 15 is 0 Å². The quantitative estimate of drug-likeness (QED) is 0.851. The van der Waals surface area contributed by atoms with Gasteiger partial charge in [-0.2, -0.15) is 4.37 Å². The van der Waals surface area contributed by atoms with Gasteiger partial charge in [-0.05, 0) is 38.2 Å². The van der Waals surface area contributed by atoms with Crippen LogP contribution in [0.2, 0.25) is 0 Å². The van der Waals surface area contributed by atoms with Gasteiger partial charge in [-0.3, -0.25) is 0 Å². The minimum atomic E-state index is 0.266. The van der Waals surface area contributed by atoms with Crippen LogP contribution in [0.5, 0.6) is 0 Å². The number of nitrogens with zero attached hydrogens (tertiary/aromatic N) is 5. The third-order valence-corrected chi connectivity index (χ3v) is 5.46. The van der Waals surface area contributed by atoms with E-state index in [1.807, 2.05) is 6.92 Å². The van der Waals surface area contributed by atoms with Crippen LogP contribution in [0.15, 0.2) is 0 Å². The second-order valence-electron chi connectivity index (χ2n) is 5.77. The van der Waals surface area contributed by atoms with E-state index in [9.17, 15) is 0 Å². The Labute approximate surface area is 138 Å². The van der Waals surface area contributed by atoms with Crippen LogP contribution < -0.4 is 10.2 Å². The number of hydrogen-bond acceptors (Lipinski definition) is 6. The molecule has 8 heteroatoms. The largest absolute Gasteiger partial charge is 0.321 e. The van der Waals surface area contributed by atoms with Crippen molar-refractivity contribution in [2.45, 2.75) is 39.3 Å². The summed E-state index contributed by atoms with van der Waals surface area (Å²) in [5.74, 6) is 2.74. The van der Waals surface area contributed by atoms with Crippen molar-refractivity contribution in [3.8, 4) is 10.8 Å². The van der Waals surface area contributed by atoms with Gasteiger partial charge in [0.05, 0.1) is 10.7 Å². The number of hydrogen-bond donors (Lipinski definition) is 1. The molecule has 4 rings (SSSR count). The van der Waals surface area contributed by atoms with Gasteiger partial charge in [0.2, 0.25) is 0 Å². The van der Waals surface area contributed by atoms with Crippen LogP contribution in [-0.2, 0) is 6.54 Å². The number of rotatable bonds is 2. The number of fused-ring (bicyclic) bond motifs is 1. The number of aryl methyl sites for hydroxylation is 1. The molecule has 6 nitrogen and oxygen atoms in total. The predicted octanol–water partition coefficient (Wildman–Crippen LogP) is 2.30. The van der Waals surface area contributed by atoms with Crippen molar-refractivity contribution in [3.05, 3.63) is 11.5 Å². The summed E-state index contributed by atoms with van der Waals surface area (Å²) in [6.07, 6.45) is 2.09. The van der Waals surface area contributed by atoms with E-state index in [1.165, 1.54) is 17.2 Å². The lowest BCUT2D eigenvalue weighted by molar-refractivity contribution is 0.451. The molecule has 1 saturated heterocycles. The molecule has 1 unspecified atom stereocenters. The molecule has 2 aromatic heterocycles. The van der Waals surface area contributed by atoms with E-state index in [4.69, 9.17) is 17.2 Å². The van der Waals surface area contributed by atoms with E-state index in [0.717, 1.165) is 59.9 Å². The monoisotopic (exact) mass is 334 g/mol. The van der Waals surface area contributed by atoms with Crippen LogP contribution in [0, 0.1) is 6.92 Å². The number of aromatic nitrogens is 4. The van der Waals surface area contributed by atoms with E-state index in [-0.39, 0.29) is 6.04 Å². The molecule has 0 amide bonds. The topological polar surface area (TPSA) is 58.9 Å². The van der Waals surface area contributed by atoms with Crippen molar-refractivity contribution in [3.63, 3.8) is 0 Å². The molecule has 1 N–H and O–H groups in total. The maximum absolute atomic E-state index is 5.53. The molecule has 22 heavy (non-hydrogen) atoms. The van der Waals surface area contributed by atoms with Crippen molar-refractivity contribution in [1.29, 1.82) is 0 Å². The summed E-state index contributed by atoms with van der Waals surface area (Å²) in [5, 5.41) is 4.42. The molecule has 2 aliphatic rings. The number of anilines is 1. The third-order valence-electron chi connectivity index (χ3n) is 4.23. The van der Waals surface area contributed by atoms with Crippen LogP contribution >= 0.6 is 23.8 Å². The number of nitrogens with one attached hydrogen (secondary N) is 1. The Morgan fingerprint density at radius 1 is 1.32 bits per heavy atom. The Bertz CT molecular complexity index is 734. The fourth-order valence-corrected chi connectivity index (χ4v) is 4.21. The molecule has 0 radical (unpaired) electrons. The average Bonchev–Trinajstić information content (AvgIpc) is 3.17. The standard InChI is InChI=1S/C14H18N6S2/c1-8-11-12(19-6-3-4-10(19)21)17-13(20(11)7-5-15-8)14-16-9(2)18-22-14/h8,15H,3-7H2,1-2H3. The lowest BCUT2D eigenvalue weighted by atomic mass is 10.2. The van der Waals surface area contributed by atoms with Gasteiger partial charge < -0.3 is 14.8 Å². The van der Waals surface area contributed by atoms with E-state index in [2.05, 4.69) is 31.1 Å². The third kappa shape index (κ3) is 2.17. The average molecular weight is 334 g/mol. The predicted molar refractivity (Wildman–Crippen MR) is 91.5 cm³/mol. The highest BCUT2D eigenvalue weighted by Crippen LogP contribution is 2.36. The maximum atomic E-state index is 5.53. The normalized spacial score (nSPS) is 21.5. The van der Waals surface area contributed by atoms with Crippen molar-refractivity contribution < 1.29 is 0 Å². The minimum Gasteiger partial charge on any atom is -0.321 e. The zero-order chi connectivity index (χ0) is 15.3. The summed E-state index contributed by atoms with van der Waals surface area (Å²) in [6, 6.07) is 0.266. The first-order chi connectivity index (χ1) is 10.6. The van der Waals surface area contributed by atoms with Crippen molar-refractivity contribution in [2.75, 3.05) is 18.0 Å². The van der Waals surface area contributed by atoms with Gasteiger partial charge in [0, 0.05) is 25.7 Å². The minimum absolute atomic E-state index is 0.266. The van der Waals surface area contributed by atoms with Gasteiger partial charge in [-0.15, -0.1) is 0 Å². The van der Waals surface area contributed by atoms with E-state index in [0.29, 0.717) is 0 Å². The SMILES string of the molecule is Cc1nsc(-c2nc(N3CCCC3=S)c3n2CCNC3C)n1. The zero-order valence-corrected chi connectivity index (χ0v) is 14.3. The Balaban J connectivity index is 1.88. The Morgan fingerprint density at radius 3 is 2.86 bits per heavy atom. The molecule has 0 aliphatic carbocycles. The van der Waals surface area contributed by atoms with E-state index < -0.39 is 0 Å². The van der Waals surface area contributed by atoms with Crippen LogP contribution in [0.3, 0.4) is 0 Å². The summed E-state index contributed by atoms with van der Waals surface area (Å²) >= 11 is 6.94. The van der Waals surface area contributed by atoms with Crippen molar-refractivity contribution in [1.82, 2.24) is 24.2 Å². The zero-order valence-electron chi connectivity index (χ0n) is 12.7. The molecule has 0 aromatic carbocycles. The summed E-state index contributed by atoms with van der Waals surface area (Å²) in [5.41, 5.74) is 1.22. The van der Waals surface area contributed by atoms with Gasteiger partial charge in [0.15, 0.2) is 16.6 Å². The fraction of sp³-hybridized carbons (Fsp3) is 0.571. The molecular weight excluding hydrogens is 316 g/mol. The Hall–Kier alpha value is -1.38. The fourth-order valence-electron chi connectivity index (χ4n) is 3.22. The second-order valence-corrected chi connectivity index (χ2v) is 6.99. The smallest absolute Gasteiger partial charge is 0.179 e. The highest BCUT2D eigenvalue weighted by molar-refractivity contribution is 7.80. The molecule has 116 valence electrons. The van der Waals surface area contributed by atoms with Gasteiger partial charge >= 0.3 is 0 Å². The first-order valence-corrected chi connectivity index (χ1v) is 8.78. The Morgan fingerprint density at radius 2 is 2.18 bits per heavy atom. The van der Waals surface area contributed by atoms with Gasteiger partial charge in [-0.1, -0.05) is 12.2 Å². The van der Waals surface area contributed by atoms with Crippen LogP contribution in [-0.4, -0.2) is 37.0 Å². The highest BCUT2D eigenvalue weighted by atomic mass is 32.1. The summed E-state index contributed by atoms with van der Waals surface area (Å²) in [7, 11) is 0.